The average molecular weight is 387 g/mol. The van der Waals surface area contributed by atoms with Gasteiger partial charge in [0.15, 0.2) is 0 Å². The number of benzene rings is 1. The van der Waals surface area contributed by atoms with Crippen LogP contribution in [0.5, 0.6) is 0 Å². The van der Waals surface area contributed by atoms with E-state index in [1.165, 1.54) is 29.7 Å². The fourth-order valence-corrected chi connectivity index (χ4v) is 3.65. The number of nitrogens with zero attached hydrogens (tertiary/aromatic N) is 3. The first-order valence-electron chi connectivity index (χ1n) is 8.76. The molecule has 4 rings (SSSR count). The van der Waals surface area contributed by atoms with E-state index >= 15 is 0 Å². The number of rotatable bonds is 4. The molecule has 5 heteroatoms. The first-order valence-corrected chi connectivity index (χ1v) is 9.55. The summed E-state index contributed by atoms with van der Waals surface area (Å²) in [7, 11) is 0. The number of hydrogen-bond acceptors (Lipinski definition) is 4. The number of anilines is 2. The zero-order valence-electron chi connectivity index (χ0n) is 14.2. The van der Waals surface area contributed by atoms with Crippen LogP contribution in [0.3, 0.4) is 0 Å². The van der Waals surface area contributed by atoms with Crippen LogP contribution in [0, 0.1) is 0 Å². The lowest BCUT2D eigenvalue weighted by atomic mass is 10.00. The maximum absolute atomic E-state index is 4.79. The molecular formula is C19H23BrN4. The fourth-order valence-electron chi connectivity index (χ4n) is 3.24. The molecule has 1 saturated carbocycles. The van der Waals surface area contributed by atoms with Gasteiger partial charge in [-0.2, -0.15) is 4.98 Å². The molecule has 2 heterocycles. The second kappa shape index (κ2) is 6.36. The molecule has 1 aromatic heterocycles. The average Bonchev–Trinajstić information content (AvgIpc) is 3.38. The molecule has 1 fully saturated rings. The van der Waals surface area contributed by atoms with Gasteiger partial charge in [-0.25, -0.2) is 4.98 Å². The Hall–Kier alpha value is -1.62. The zero-order valence-corrected chi connectivity index (χ0v) is 15.8. The normalized spacial score (nSPS) is 17.1. The fraction of sp³-hybridized carbons (Fsp3) is 0.474. The summed E-state index contributed by atoms with van der Waals surface area (Å²) in [6, 6.07) is 9.14. The van der Waals surface area contributed by atoms with Gasteiger partial charge in [-0.1, -0.05) is 22.0 Å². The summed E-state index contributed by atoms with van der Waals surface area (Å²) >= 11 is 3.57. The van der Waals surface area contributed by atoms with Gasteiger partial charge >= 0.3 is 0 Å². The van der Waals surface area contributed by atoms with E-state index in [1.54, 1.807) is 0 Å². The highest BCUT2D eigenvalue weighted by Crippen LogP contribution is 2.40. The van der Waals surface area contributed by atoms with Crippen LogP contribution in [-0.2, 0) is 13.0 Å². The molecule has 1 aromatic carbocycles. The van der Waals surface area contributed by atoms with Crippen molar-refractivity contribution in [1.82, 2.24) is 9.97 Å². The predicted molar refractivity (Wildman–Crippen MR) is 102 cm³/mol. The number of fused-ring (bicyclic) bond motifs is 1. The summed E-state index contributed by atoms with van der Waals surface area (Å²) < 4.78 is 1.16. The van der Waals surface area contributed by atoms with E-state index in [4.69, 9.17) is 9.97 Å². The topological polar surface area (TPSA) is 41.1 Å². The van der Waals surface area contributed by atoms with Crippen molar-refractivity contribution in [3.63, 3.8) is 0 Å². The first-order chi connectivity index (χ1) is 11.6. The van der Waals surface area contributed by atoms with Gasteiger partial charge in [0.25, 0.3) is 0 Å². The minimum Gasteiger partial charge on any atom is -0.352 e. The summed E-state index contributed by atoms with van der Waals surface area (Å²) in [5.41, 5.74) is 4.04. The number of hydrogen-bond donors (Lipinski definition) is 1. The summed E-state index contributed by atoms with van der Waals surface area (Å²) in [5.74, 6) is 2.46. The van der Waals surface area contributed by atoms with Crippen molar-refractivity contribution in [3.8, 4) is 0 Å². The zero-order chi connectivity index (χ0) is 16.7. The lowest BCUT2D eigenvalue weighted by Crippen LogP contribution is -2.31. The smallest absolute Gasteiger partial charge is 0.225 e. The molecular weight excluding hydrogens is 364 g/mol. The molecule has 2 aliphatic rings. The Labute approximate surface area is 151 Å². The molecule has 0 spiro atoms. The van der Waals surface area contributed by atoms with Crippen LogP contribution in [0.4, 0.5) is 11.8 Å². The lowest BCUT2D eigenvalue weighted by Gasteiger charge is -2.30. The van der Waals surface area contributed by atoms with Gasteiger partial charge in [0.2, 0.25) is 5.95 Å². The molecule has 0 unspecified atom stereocenters. The van der Waals surface area contributed by atoms with E-state index < -0.39 is 0 Å². The van der Waals surface area contributed by atoms with Crippen molar-refractivity contribution >= 4 is 27.7 Å². The van der Waals surface area contributed by atoms with Crippen molar-refractivity contribution in [2.24, 2.45) is 0 Å². The molecule has 24 heavy (non-hydrogen) atoms. The molecule has 0 bridgehead atoms. The third kappa shape index (κ3) is 3.41. The van der Waals surface area contributed by atoms with Gasteiger partial charge in [0.05, 0.1) is 5.69 Å². The molecule has 0 saturated heterocycles. The highest BCUT2D eigenvalue weighted by atomic mass is 79.9. The minimum atomic E-state index is 0.340. The quantitative estimate of drug-likeness (QED) is 0.839. The van der Waals surface area contributed by atoms with Crippen LogP contribution in [0.1, 0.15) is 49.4 Å². The third-order valence-electron chi connectivity index (χ3n) is 4.65. The Bertz CT molecular complexity index is 755. The number of halogens is 1. The van der Waals surface area contributed by atoms with E-state index in [0.717, 1.165) is 35.7 Å². The Kier molecular flexibility index (Phi) is 4.21. The highest BCUT2D eigenvalue weighted by Gasteiger charge is 2.27. The Morgan fingerprint density at radius 2 is 2.00 bits per heavy atom. The Morgan fingerprint density at radius 3 is 2.75 bits per heavy atom. The Balaban J connectivity index is 1.63. The molecule has 126 valence electrons. The van der Waals surface area contributed by atoms with E-state index in [9.17, 15) is 0 Å². The van der Waals surface area contributed by atoms with Crippen molar-refractivity contribution in [1.29, 1.82) is 0 Å². The van der Waals surface area contributed by atoms with E-state index in [1.807, 2.05) is 0 Å². The molecule has 1 aliphatic heterocycles. The molecule has 1 aliphatic carbocycles. The van der Waals surface area contributed by atoms with Gasteiger partial charge in [-0.05, 0) is 56.4 Å². The molecule has 0 amide bonds. The second-order valence-electron chi connectivity index (χ2n) is 7.13. The third-order valence-corrected chi connectivity index (χ3v) is 5.14. The number of aromatic nitrogens is 2. The van der Waals surface area contributed by atoms with Crippen LogP contribution in [0.25, 0.3) is 0 Å². The van der Waals surface area contributed by atoms with Gasteiger partial charge in [0, 0.05) is 35.6 Å². The maximum Gasteiger partial charge on any atom is 0.225 e. The maximum atomic E-state index is 4.79. The molecule has 4 nitrogen and oxygen atoms in total. The van der Waals surface area contributed by atoms with Crippen LogP contribution < -0.4 is 10.2 Å². The van der Waals surface area contributed by atoms with Crippen LogP contribution in [0.15, 0.2) is 28.7 Å². The molecule has 2 aromatic rings. The summed E-state index contributed by atoms with van der Waals surface area (Å²) in [4.78, 5) is 11.9. The molecule has 0 radical (unpaired) electrons. The second-order valence-corrected chi connectivity index (χ2v) is 8.05. The minimum absolute atomic E-state index is 0.340. The summed E-state index contributed by atoms with van der Waals surface area (Å²) in [5, 5.41) is 3.38. The van der Waals surface area contributed by atoms with Crippen molar-refractivity contribution in [2.75, 3.05) is 16.8 Å². The largest absolute Gasteiger partial charge is 0.352 e. The van der Waals surface area contributed by atoms with Gasteiger partial charge in [-0.3, -0.25) is 0 Å². The van der Waals surface area contributed by atoms with Gasteiger partial charge < -0.3 is 10.2 Å². The monoisotopic (exact) mass is 386 g/mol. The van der Waals surface area contributed by atoms with Crippen molar-refractivity contribution in [3.05, 3.63) is 45.6 Å². The van der Waals surface area contributed by atoms with E-state index in [0.29, 0.717) is 12.0 Å². The number of nitrogens with one attached hydrogen (secondary N) is 1. The SMILES string of the molecule is CC(C)Nc1nc(C2CC2)cc(N2CCc3cc(Br)ccc3C2)n1. The van der Waals surface area contributed by atoms with Gasteiger partial charge in [0.1, 0.15) is 5.82 Å². The lowest BCUT2D eigenvalue weighted by molar-refractivity contribution is 0.716. The van der Waals surface area contributed by atoms with Crippen molar-refractivity contribution in [2.45, 2.75) is 51.6 Å². The van der Waals surface area contributed by atoms with E-state index in [2.05, 4.69) is 64.3 Å². The first kappa shape index (κ1) is 15.9. The standard InChI is InChI=1S/C19H23BrN4/c1-12(2)21-19-22-17(13-3-4-13)10-18(23-19)24-8-7-14-9-16(20)6-5-15(14)11-24/h5-6,9-10,12-13H,3-4,7-8,11H2,1-2H3,(H,21,22,23). The van der Waals surface area contributed by atoms with Crippen LogP contribution in [0.2, 0.25) is 0 Å². The molecule has 1 N–H and O–H groups in total. The van der Waals surface area contributed by atoms with Gasteiger partial charge in [-0.15, -0.1) is 0 Å². The van der Waals surface area contributed by atoms with Crippen molar-refractivity contribution < 1.29 is 0 Å². The highest BCUT2D eigenvalue weighted by molar-refractivity contribution is 9.10. The van der Waals surface area contributed by atoms with Crippen LogP contribution in [-0.4, -0.2) is 22.6 Å². The summed E-state index contributed by atoms with van der Waals surface area (Å²) in [6.45, 7) is 6.18. The van der Waals surface area contributed by atoms with E-state index in [-0.39, 0.29) is 0 Å². The molecule has 0 atom stereocenters. The Morgan fingerprint density at radius 1 is 1.17 bits per heavy atom. The van der Waals surface area contributed by atoms with Crippen LogP contribution >= 0.6 is 15.9 Å². The summed E-state index contributed by atoms with van der Waals surface area (Å²) in [6.07, 6.45) is 3.58. The predicted octanol–water partition coefficient (Wildman–Crippen LogP) is 4.50.